The van der Waals surface area contributed by atoms with Crippen LogP contribution in [-0.2, 0) is 48.5 Å². The molecule has 0 amide bonds. The van der Waals surface area contributed by atoms with Crippen molar-refractivity contribution in [3.63, 3.8) is 0 Å². The number of hydrogen-bond donors (Lipinski definition) is 3. The number of nitrogens with zero attached hydrogens (tertiary/aromatic N) is 5. The van der Waals surface area contributed by atoms with Gasteiger partial charge in [-0.25, -0.2) is 4.98 Å². The quantitative estimate of drug-likeness (QED) is 0.0618. The second-order valence-corrected chi connectivity index (χ2v) is 7.96. The third kappa shape index (κ3) is 55.4. The van der Waals surface area contributed by atoms with Crippen LogP contribution in [0.25, 0.3) is 17.3 Å². The van der Waals surface area contributed by atoms with Crippen molar-refractivity contribution in [2.75, 3.05) is 21.3 Å². The van der Waals surface area contributed by atoms with Gasteiger partial charge in [0, 0.05) is 21.3 Å². The summed E-state index contributed by atoms with van der Waals surface area (Å²) in [6.45, 7) is 4.99. The Morgan fingerprint density at radius 3 is 0.877 bits per heavy atom. The molecular weight excluding hydrogens is 1030 g/mol. The first kappa shape index (κ1) is 73.1. The summed E-state index contributed by atoms with van der Waals surface area (Å²) in [7, 11) is 3.00. The van der Waals surface area contributed by atoms with Crippen LogP contribution in [-0.4, -0.2) is 85.0 Å². The molecule has 2 heterocycles. The fraction of sp³-hybridized carbons (Fsp3) is 0.241. The average Bonchev–Trinajstić information content (AvgIpc) is 3.06. The van der Waals surface area contributed by atoms with Crippen molar-refractivity contribution >= 4 is 40.4 Å². The predicted octanol–water partition coefficient (Wildman–Crippen LogP) is -2.42. The summed E-state index contributed by atoms with van der Waals surface area (Å²) in [4.78, 5) is 76.2. The van der Waals surface area contributed by atoms with Gasteiger partial charge in [-0.1, -0.05) is 36.3 Å². The van der Waals surface area contributed by atoms with Gasteiger partial charge in [0.2, 0.25) is 5.78 Å². The number of pyridine rings is 2. The fourth-order valence-electron chi connectivity index (χ4n) is 2.45. The normalized spacial score (nSPS) is 9.37. The number of aromatic nitrogens is 2. The summed E-state index contributed by atoms with van der Waals surface area (Å²) in [5.74, 6) is -3.86. The molecule has 0 fully saturated rings. The van der Waals surface area contributed by atoms with Gasteiger partial charge in [-0.05, 0) is 69.3 Å². The van der Waals surface area contributed by atoms with Crippen molar-refractivity contribution in [2.24, 2.45) is 0 Å². The van der Waals surface area contributed by atoms with Crippen molar-refractivity contribution in [3.05, 3.63) is 135 Å². The molecule has 0 saturated heterocycles. The minimum Gasteiger partial charge on any atom is -0.876 e. The van der Waals surface area contributed by atoms with E-state index in [1.165, 1.54) is 64.1 Å². The molecule has 0 atom stereocenters. The minimum atomic E-state index is -1.75. The van der Waals surface area contributed by atoms with E-state index in [1.807, 2.05) is 0 Å². The van der Waals surface area contributed by atoms with Crippen LogP contribution in [0.2, 0.25) is 0 Å². The molecular formula is C29H34Cu2DyN5O20. The summed E-state index contributed by atoms with van der Waals surface area (Å²) in [6.07, 6.45) is 3.58. The number of allylic oxidation sites excluding steroid dienone is 5. The van der Waals surface area contributed by atoms with Crippen LogP contribution >= 0.6 is 0 Å². The van der Waals surface area contributed by atoms with Crippen LogP contribution in [0, 0.1) is 84.1 Å². The van der Waals surface area contributed by atoms with Crippen molar-refractivity contribution < 1.29 is 142 Å². The number of hydrogen-bond acceptors (Lipinski definition) is 22. The van der Waals surface area contributed by atoms with Gasteiger partial charge in [-0.2, -0.15) is 0 Å². The van der Waals surface area contributed by atoms with Gasteiger partial charge in [0.1, 0.15) is 5.69 Å². The molecule has 2 aromatic rings. The third-order valence-electron chi connectivity index (χ3n) is 3.85. The topological polar surface area (TPSA) is 446 Å². The third-order valence-corrected chi connectivity index (χ3v) is 3.85. The number of aliphatic hydroxyl groups is 3. The maximum Gasteiger partial charge on any atom is 3.00 e. The summed E-state index contributed by atoms with van der Waals surface area (Å²) in [6, 6.07) is 8.52. The zero-order valence-electron chi connectivity index (χ0n) is 30.2. The van der Waals surface area contributed by atoms with E-state index in [4.69, 9.17) is 61.3 Å². The Labute approximate surface area is 374 Å². The Morgan fingerprint density at radius 1 is 0.491 bits per heavy atom. The number of aliphatic hydroxyl groups excluding tert-OH is 3. The molecule has 0 bridgehead atoms. The Morgan fingerprint density at radius 2 is 0.684 bits per heavy atom. The van der Waals surface area contributed by atoms with Gasteiger partial charge in [0.05, 0.1) is 32.3 Å². The fourth-order valence-corrected chi connectivity index (χ4v) is 2.45. The van der Waals surface area contributed by atoms with Gasteiger partial charge in [-0.3, -0.25) is 24.2 Å². The molecule has 0 aromatic carbocycles. The van der Waals surface area contributed by atoms with Crippen LogP contribution in [0.3, 0.4) is 0 Å². The van der Waals surface area contributed by atoms with E-state index in [0.29, 0.717) is 0 Å². The zero-order valence-corrected chi connectivity index (χ0v) is 34.1. The van der Waals surface area contributed by atoms with E-state index >= 15 is 0 Å². The van der Waals surface area contributed by atoms with E-state index in [9.17, 15) is 39.6 Å². The number of carbonyl (C=O) groups is 4. The molecule has 2 aromatic heterocycles. The number of ketones is 4. The van der Waals surface area contributed by atoms with Crippen molar-refractivity contribution in [2.45, 2.75) is 27.7 Å². The maximum atomic E-state index is 11.5. The zero-order chi connectivity index (χ0) is 44.1. The largest absolute Gasteiger partial charge is 3.00 e. The van der Waals surface area contributed by atoms with Gasteiger partial charge in [0.15, 0.2) is 17.3 Å². The van der Waals surface area contributed by atoms with Crippen LogP contribution in [0.5, 0.6) is 0 Å². The van der Waals surface area contributed by atoms with E-state index < -0.39 is 61.4 Å². The van der Waals surface area contributed by atoms with E-state index in [1.54, 1.807) is 0 Å². The Kier molecular flexibility index (Phi) is 60.4. The molecule has 0 aliphatic heterocycles. The summed E-state index contributed by atoms with van der Waals surface area (Å²) in [5.41, 5.74) is -0.0259. The molecule has 25 nitrogen and oxygen atoms in total. The SMILES string of the molecule is CC(=O)/C=C(\[O-])c1cccc(/C([O-])=C/C(C)=O)n1.CC(=O)/C=C(\[O-])c1cccc(C(=O)/C=C(/C)[O-])n1.CO.CO.CO.O=[N+]([O-])[O-].O=[N+]([O-])[O-].O=[N+]([O-])[O-].[Cu+2].[Cu+2].[Dy+3]. The molecule has 3 radical (unpaired) electrons. The molecule has 3 N–H and O–H groups in total. The molecule has 0 unspecified atom stereocenters. The minimum absolute atomic E-state index is 0. The monoisotopic (exact) mass is 1060 g/mol. The van der Waals surface area contributed by atoms with Crippen LogP contribution in [0.4, 0.5) is 0 Å². The Hall–Kier alpha value is -5.07. The molecule has 0 aliphatic rings. The van der Waals surface area contributed by atoms with Crippen LogP contribution in [0.15, 0.2) is 66.5 Å². The smallest absolute Gasteiger partial charge is 0.876 e. The van der Waals surface area contributed by atoms with Crippen LogP contribution in [0.1, 0.15) is 55.3 Å². The average molecular weight is 1060 g/mol. The van der Waals surface area contributed by atoms with Crippen molar-refractivity contribution in [1.82, 2.24) is 9.97 Å². The predicted molar refractivity (Wildman–Crippen MR) is 178 cm³/mol. The molecule has 2 rings (SSSR count). The van der Waals surface area contributed by atoms with Gasteiger partial charge in [0.25, 0.3) is 0 Å². The first-order valence-corrected chi connectivity index (χ1v) is 13.3. The molecule has 57 heavy (non-hydrogen) atoms. The molecule has 0 aliphatic carbocycles. The summed E-state index contributed by atoms with van der Waals surface area (Å²) < 4.78 is 0. The van der Waals surface area contributed by atoms with Crippen LogP contribution < -0.4 is 20.4 Å². The molecule has 0 saturated carbocycles. The van der Waals surface area contributed by atoms with E-state index in [2.05, 4.69) is 9.97 Å². The van der Waals surface area contributed by atoms with Crippen molar-refractivity contribution in [3.8, 4) is 0 Å². The molecule has 28 heteroatoms. The van der Waals surface area contributed by atoms with Gasteiger partial charge < -0.3 is 81.7 Å². The molecule has 0 spiro atoms. The first-order chi connectivity index (χ1) is 25.0. The standard InChI is InChI=1S/2C13H13NO4.3CH4O.2Cu.Dy.3NO3/c2*1-8(15)6-12(17)10-4-3-5-11(14-10)13(18)7-9(2)16;3*1-2;;;;3*2-1(3)4/h3-7,17-18H,1-2H3;3-7,15,18H,1-2H3;3*2H,1H3;;;;;;/q;;;;;2*+2;+3;3*-1/p-4/b12-6-,13-7-;8-6-,13-7-;;;;;;;;;. The first-order valence-electron chi connectivity index (χ1n) is 13.3. The van der Waals surface area contributed by atoms with Gasteiger partial charge >= 0.3 is 72.3 Å². The summed E-state index contributed by atoms with van der Waals surface area (Å²) >= 11 is 0. The van der Waals surface area contributed by atoms with Gasteiger partial charge in [-0.15, -0.1) is 5.76 Å². The molecule has 327 valence electrons. The van der Waals surface area contributed by atoms with E-state index in [0.717, 1.165) is 45.6 Å². The maximum absolute atomic E-state index is 11.5. The van der Waals surface area contributed by atoms with Crippen molar-refractivity contribution in [1.29, 1.82) is 0 Å². The van der Waals surface area contributed by atoms with E-state index in [-0.39, 0.29) is 95.1 Å². The Balaban J connectivity index is -0.0000000787. The second kappa shape index (κ2) is 47.1. The summed E-state index contributed by atoms with van der Waals surface area (Å²) in [5, 5.41) is 111. The Bertz CT molecular complexity index is 1530. The second-order valence-electron chi connectivity index (χ2n) is 7.96. The number of rotatable bonds is 8. The number of carbonyl (C=O) groups excluding carboxylic acids is 4.